The quantitative estimate of drug-likeness (QED) is 0.822. The summed E-state index contributed by atoms with van der Waals surface area (Å²) in [5.41, 5.74) is 2.82. The molecule has 0 radical (unpaired) electrons. The first-order valence-electron chi connectivity index (χ1n) is 5.42. The van der Waals surface area contributed by atoms with E-state index >= 15 is 0 Å². The molecule has 1 aliphatic rings. The van der Waals surface area contributed by atoms with Crippen LogP contribution < -0.4 is 0 Å². The van der Waals surface area contributed by atoms with E-state index in [9.17, 15) is 4.21 Å². The van der Waals surface area contributed by atoms with Gasteiger partial charge in [0.05, 0.1) is 11.0 Å². The Morgan fingerprint density at radius 2 is 2.25 bits per heavy atom. The maximum Gasteiger partial charge on any atom is 0.0910 e. The molecule has 2 nitrogen and oxygen atoms in total. The Hall–Kier alpha value is -0.190. The Morgan fingerprint density at radius 1 is 1.50 bits per heavy atom. The van der Waals surface area contributed by atoms with Crippen molar-refractivity contribution in [2.75, 3.05) is 13.3 Å². The van der Waals surface area contributed by atoms with E-state index in [-0.39, 0.29) is 0 Å². The lowest BCUT2D eigenvalue weighted by Gasteiger charge is -2.31. The van der Waals surface area contributed by atoms with Gasteiger partial charge in [-0.05, 0) is 36.5 Å². The lowest BCUT2D eigenvalue weighted by atomic mass is 9.88. The van der Waals surface area contributed by atoms with Crippen LogP contribution in [-0.4, -0.2) is 27.9 Å². The van der Waals surface area contributed by atoms with E-state index in [1.54, 1.807) is 6.26 Å². The van der Waals surface area contributed by atoms with Crippen LogP contribution in [0, 0.1) is 0 Å². The molecule has 0 aromatic heterocycles. The summed E-state index contributed by atoms with van der Waals surface area (Å²) in [6.07, 6.45) is 4.92. The molecule has 0 spiro atoms. The zero-order valence-corrected chi connectivity index (χ0v) is 12.0. The van der Waals surface area contributed by atoms with Crippen molar-refractivity contribution in [3.63, 3.8) is 0 Å². The zero-order valence-electron chi connectivity index (χ0n) is 9.57. The second-order valence-corrected chi connectivity index (χ2v) is 6.52. The number of hydrogen-bond donors (Lipinski definition) is 0. The van der Waals surface area contributed by atoms with Crippen molar-refractivity contribution in [3.8, 4) is 0 Å². The summed E-state index contributed by atoms with van der Waals surface area (Å²) >= 11 is 3.60. The van der Waals surface area contributed by atoms with Gasteiger partial charge in [-0.25, -0.2) is 8.51 Å². The molecule has 88 valence electrons. The maximum atomic E-state index is 11.5. The molecule has 1 aromatic carbocycles. The number of likely N-dealkylation sites (N-methyl/N-ethyl adjacent to an activating group) is 1. The van der Waals surface area contributed by atoms with Gasteiger partial charge in [0.1, 0.15) is 0 Å². The first-order valence-corrected chi connectivity index (χ1v) is 7.73. The molecule has 0 heterocycles. The van der Waals surface area contributed by atoms with E-state index in [4.69, 9.17) is 0 Å². The lowest BCUT2D eigenvalue weighted by molar-refractivity contribution is 0.354. The van der Waals surface area contributed by atoms with Crippen molar-refractivity contribution < 1.29 is 4.21 Å². The highest BCUT2D eigenvalue weighted by molar-refractivity contribution is 9.10. The third-order valence-electron chi connectivity index (χ3n) is 3.32. The molecule has 0 N–H and O–H groups in total. The van der Waals surface area contributed by atoms with Crippen LogP contribution in [0.5, 0.6) is 0 Å². The van der Waals surface area contributed by atoms with Crippen LogP contribution in [0.4, 0.5) is 0 Å². The Balaban J connectivity index is 2.23. The minimum Gasteiger partial charge on any atom is -0.243 e. The third kappa shape index (κ3) is 2.39. The van der Waals surface area contributed by atoms with Crippen molar-refractivity contribution in [1.29, 1.82) is 0 Å². The Bertz CT molecular complexity index is 421. The largest absolute Gasteiger partial charge is 0.243 e. The van der Waals surface area contributed by atoms with Gasteiger partial charge in [-0.1, -0.05) is 28.1 Å². The Labute approximate surface area is 108 Å². The zero-order chi connectivity index (χ0) is 11.7. The van der Waals surface area contributed by atoms with Crippen LogP contribution in [0.2, 0.25) is 0 Å². The average Bonchev–Trinajstić information content (AvgIpc) is 2.28. The van der Waals surface area contributed by atoms with Crippen molar-refractivity contribution in [1.82, 2.24) is 4.31 Å². The van der Waals surface area contributed by atoms with Crippen molar-refractivity contribution >= 4 is 26.9 Å². The summed E-state index contributed by atoms with van der Waals surface area (Å²) in [5.74, 6) is 0. The van der Waals surface area contributed by atoms with Gasteiger partial charge in [0.15, 0.2) is 0 Å². The fraction of sp³-hybridized carbons (Fsp3) is 0.500. The number of rotatable bonds is 2. The van der Waals surface area contributed by atoms with Gasteiger partial charge >= 0.3 is 0 Å². The summed E-state index contributed by atoms with van der Waals surface area (Å²) < 4.78 is 14.6. The van der Waals surface area contributed by atoms with E-state index in [1.165, 1.54) is 15.6 Å². The van der Waals surface area contributed by atoms with Gasteiger partial charge < -0.3 is 0 Å². The summed E-state index contributed by atoms with van der Waals surface area (Å²) in [4.78, 5) is 0. The van der Waals surface area contributed by atoms with Gasteiger partial charge in [0.2, 0.25) is 0 Å². The Morgan fingerprint density at radius 3 is 2.94 bits per heavy atom. The van der Waals surface area contributed by atoms with Crippen LogP contribution in [0.1, 0.15) is 17.5 Å². The molecule has 4 heteroatoms. The van der Waals surface area contributed by atoms with E-state index in [0.717, 1.165) is 19.3 Å². The predicted molar refractivity (Wildman–Crippen MR) is 71.8 cm³/mol. The number of hydrogen-bond acceptors (Lipinski definition) is 1. The van der Waals surface area contributed by atoms with Crippen molar-refractivity contribution in [2.24, 2.45) is 0 Å². The first-order chi connectivity index (χ1) is 7.59. The van der Waals surface area contributed by atoms with E-state index in [1.807, 2.05) is 11.4 Å². The molecule has 0 saturated heterocycles. The van der Waals surface area contributed by atoms with Crippen LogP contribution in [-0.2, 0) is 23.8 Å². The molecule has 0 amide bonds. The molecule has 0 saturated carbocycles. The molecule has 16 heavy (non-hydrogen) atoms. The molecular weight excluding hydrogens is 286 g/mol. The summed E-state index contributed by atoms with van der Waals surface area (Å²) in [6.45, 7) is 0. The topological polar surface area (TPSA) is 20.3 Å². The van der Waals surface area contributed by atoms with Crippen LogP contribution in [0.25, 0.3) is 0 Å². The third-order valence-corrected chi connectivity index (χ3v) is 5.17. The standard InChI is InChI=1S/C12H16BrNOS/c1-14(16(2)15)10-7-6-9-4-3-5-12(13)11(9)8-10/h3-5,10H,6-8H2,1-2H3. The summed E-state index contributed by atoms with van der Waals surface area (Å²) in [5, 5.41) is 0. The molecule has 0 bridgehead atoms. The van der Waals surface area contributed by atoms with E-state index < -0.39 is 11.0 Å². The number of benzene rings is 1. The minimum atomic E-state index is -0.873. The molecule has 0 aliphatic heterocycles. The van der Waals surface area contributed by atoms with Crippen LogP contribution in [0.15, 0.2) is 22.7 Å². The van der Waals surface area contributed by atoms with Gasteiger partial charge in [-0.3, -0.25) is 0 Å². The average molecular weight is 302 g/mol. The Kier molecular flexibility index (Phi) is 3.82. The number of aryl methyl sites for hydroxylation is 1. The normalized spacial score (nSPS) is 21.9. The molecule has 2 rings (SSSR count). The van der Waals surface area contributed by atoms with Gasteiger partial charge in [0, 0.05) is 23.8 Å². The second-order valence-electron chi connectivity index (χ2n) is 4.24. The molecular formula is C12H16BrNOS. The molecule has 2 atom stereocenters. The van der Waals surface area contributed by atoms with E-state index in [2.05, 4.69) is 34.1 Å². The molecule has 2 unspecified atom stereocenters. The number of fused-ring (bicyclic) bond motifs is 1. The SMILES string of the molecule is CN(C1CCc2cccc(Br)c2C1)S(C)=O. The monoisotopic (exact) mass is 301 g/mol. The fourth-order valence-corrected chi connectivity index (χ4v) is 3.42. The summed E-state index contributed by atoms with van der Waals surface area (Å²) in [6, 6.07) is 6.77. The smallest absolute Gasteiger partial charge is 0.0910 e. The molecule has 0 fully saturated rings. The predicted octanol–water partition coefficient (Wildman–Crippen LogP) is 2.53. The van der Waals surface area contributed by atoms with Gasteiger partial charge in [0.25, 0.3) is 0 Å². The van der Waals surface area contributed by atoms with Crippen LogP contribution in [0.3, 0.4) is 0 Å². The molecule has 1 aliphatic carbocycles. The summed E-state index contributed by atoms with van der Waals surface area (Å²) in [7, 11) is 1.07. The van der Waals surface area contributed by atoms with Gasteiger partial charge in [-0.15, -0.1) is 0 Å². The van der Waals surface area contributed by atoms with Crippen molar-refractivity contribution in [2.45, 2.75) is 25.3 Å². The highest BCUT2D eigenvalue weighted by atomic mass is 79.9. The first kappa shape index (κ1) is 12.3. The highest BCUT2D eigenvalue weighted by Crippen LogP contribution is 2.29. The van der Waals surface area contributed by atoms with Crippen molar-refractivity contribution in [3.05, 3.63) is 33.8 Å². The minimum absolute atomic E-state index is 0.400. The molecule has 1 aromatic rings. The highest BCUT2D eigenvalue weighted by Gasteiger charge is 2.24. The second kappa shape index (κ2) is 4.98. The van der Waals surface area contributed by atoms with Crippen LogP contribution >= 0.6 is 15.9 Å². The number of nitrogens with zero attached hydrogens (tertiary/aromatic N) is 1. The maximum absolute atomic E-state index is 11.5. The lowest BCUT2D eigenvalue weighted by Crippen LogP contribution is -2.37. The van der Waals surface area contributed by atoms with E-state index in [0.29, 0.717) is 6.04 Å². The number of halogens is 1. The van der Waals surface area contributed by atoms with Gasteiger partial charge in [-0.2, -0.15) is 0 Å². The fourth-order valence-electron chi connectivity index (χ4n) is 2.25.